The van der Waals surface area contributed by atoms with Crippen LogP contribution in [-0.4, -0.2) is 11.6 Å². The number of halogens is 2. The first-order valence-corrected chi connectivity index (χ1v) is 13.4. The van der Waals surface area contributed by atoms with E-state index in [2.05, 4.69) is 52.0 Å². The molecule has 0 bridgehead atoms. The smallest absolute Gasteiger partial charge is 0.134 e. The summed E-state index contributed by atoms with van der Waals surface area (Å²) < 4.78 is 0. The minimum absolute atomic E-state index is 0.189. The number of hydrogen-bond donors (Lipinski definition) is 0. The Morgan fingerprint density at radius 3 is 1.58 bits per heavy atom. The largest absolute Gasteiger partial charge is 0.300 e. The van der Waals surface area contributed by atoms with Crippen molar-refractivity contribution in [3.8, 4) is 22.3 Å². The van der Waals surface area contributed by atoms with Crippen molar-refractivity contribution in [3.63, 3.8) is 0 Å². The van der Waals surface area contributed by atoms with E-state index in [1.54, 1.807) is 13.8 Å². The summed E-state index contributed by atoms with van der Waals surface area (Å²) in [6.07, 6.45) is 0.992. The van der Waals surface area contributed by atoms with Crippen LogP contribution in [0.5, 0.6) is 0 Å². The number of hydrogen-bond acceptors (Lipinski definition) is 2. The van der Waals surface area contributed by atoms with Crippen LogP contribution in [0.25, 0.3) is 22.3 Å². The van der Waals surface area contributed by atoms with Crippen molar-refractivity contribution in [2.45, 2.75) is 54.4 Å². The van der Waals surface area contributed by atoms with Gasteiger partial charge in [0, 0.05) is 22.9 Å². The van der Waals surface area contributed by atoms with Crippen LogP contribution in [0.1, 0.15) is 47.2 Å². The molecule has 2 nitrogen and oxygen atoms in total. The third-order valence-electron chi connectivity index (χ3n) is 6.69. The van der Waals surface area contributed by atoms with Gasteiger partial charge in [0.2, 0.25) is 0 Å². The highest BCUT2D eigenvalue weighted by Gasteiger charge is 2.11. The van der Waals surface area contributed by atoms with Crippen LogP contribution >= 0.6 is 23.2 Å². The van der Waals surface area contributed by atoms with Crippen LogP contribution in [0.3, 0.4) is 0 Å². The molecule has 0 amide bonds. The molecule has 0 aliphatic rings. The molecule has 0 unspecified atom stereocenters. The second kappa shape index (κ2) is 13.0. The van der Waals surface area contributed by atoms with Gasteiger partial charge in [0.05, 0.1) is 0 Å². The highest BCUT2D eigenvalue weighted by Crippen LogP contribution is 2.30. The first-order chi connectivity index (χ1) is 18.0. The molecule has 0 fully saturated rings. The molecular weight excluding hydrogens is 511 g/mol. The third kappa shape index (κ3) is 7.66. The maximum absolute atomic E-state index is 11.4. The molecule has 0 saturated carbocycles. The lowest BCUT2D eigenvalue weighted by Crippen LogP contribution is -2.02. The van der Waals surface area contributed by atoms with Crippen molar-refractivity contribution in [2.75, 3.05) is 0 Å². The van der Waals surface area contributed by atoms with Gasteiger partial charge in [-0.1, -0.05) is 71.7 Å². The fraction of sp³-hybridized carbons (Fsp3) is 0.235. The van der Waals surface area contributed by atoms with Crippen molar-refractivity contribution < 1.29 is 9.59 Å². The molecule has 0 aliphatic carbocycles. The van der Waals surface area contributed by atoms with E-state index in [4.69, 9.17) is 23.2 Å². The zero-order valence-electron chi connectivity index (χ0n) is 22.9. The Kier molecular flexibility index (Phi) is 10.1. The number of aryl methyl sites for hydroxylation is 3. The minimum atomic E-state index is 0.189. The molecule has 4 rings (SSSR count). The minimum Gasteiger partial charge on any atom is -0.300 e. The van der Waals surface area contributed by atoms with Crippen LogP contribution in [0.15, 0.2) is 72.8 Å². The molecular formula is C34H34Cl2O2. The van der Waals surface area contributed by atoms with Crippen LogP contribution in [-0.2, 0) is 22.4 Å². The fourth-order valence-electron chi connectivity index (χ4n) is 4.65. The number of benzene rings is 4. The van der Waals surface area contributed by atoms with Crippen LogP contribution < -0.4 is 0 Å². The molecule has 0 radical (unpaired) electrons. The molecule has 0 N–H and O–H groups in total. The van der Waals surface area contributed by atoms with Crippen molar-refractivity contribution in [1.29, 1.82) is 0 Å². The van der Waals surface area contributed by atoms with Gasteiger partial charge in [0.1, 0.15) is 11.6 Å². The van der Waals surface area contributed by atoms with Gasteiger partial charge in [-0.3, -0.25) is 9.59 Å². The van der Waals surface area contributed by atoms with E-state index in [1.807, 2.05) is 48.5 Å². The standard InChI is InChI=1S/2C17H17ClO/c1-11-4-9-16(13(3)17(11)10-12(2)19)14-5-7-15(18)8-6-14;1-11-8-12(2)17(10-15(11)9-13(3)19)14-4-6-16(18)7-5-14/h4-9H,10H2,1-3H3;4-8,10H,9H2,1-3H3. The van der Waals surface area contributed by atoms with Gasteiger partial charge in [0.25, 0.3) is 0 Å². The molecule has 0 aromatic heterocycles. The van der Waals surface area contributed by atoms with Crippen LogP contribution in [0.2, 0.25) is 10.0 Å². The SMILES string of the molecule is CC(=O)Cc1c(C)ccc(-c2ccc(Cl)cc2)c1C.CC(=O)Cc1cc(-c2ccc(Cl)cc2)c(C)cc1C. The van der Waals surface area contributed by atoms with Gasteiger partial charge < -0.3 is 0 Å². The summed E-state index contributed by atoms with van der Waals surface area (Å²) in [6.45, 7) is 11.5. The van der Waals surface area contributed by atoms with Gasteiger partial charge in [0.15, 0.2) is 0 Å². The Labute approximate surface area is 236 Å². The number of carbonyl (C=O) groups is 2. The molecule has 0 atom stereocenters. The summed E-state index contributed by atoms with van der Waals surface area (Å²) in [5, 5.41) is 1.47. The topological polar surface area (TPSA) is 34.1 Å². The molecule has 4 aromatic carbocycles. The van der Waals surface area contributed by atoms with E-state index >= 15 is 0 Å². The molecule has 0 saturated heterocycles. The highest BCUT2D eigenvalue weighted by atomic mass is 35.5. The van der Waals surface area contributed by atoms with E-state index in [0.717, 1.165) is 32.3 Å². The Morgan fingerprint density at radius 2 is 1.08 bits per heavy atom. The van der Waals surface area contributed by atoms with E-state index in [1.165, 1.54) is 33.4 Å². The Hall–Kier alpha value is -3.20. The van der Waals surface area contributed by atoms with E-state index in [0.29, 0.717) is 12.8 Å². The average Bonchev–Trinajstić information content (AvgIpc) is 2.85. The summed E-state index contributed by atoms with van der Waals surface area (Å²) in [6, 6.07) is 24.1. The van der Waals surface area contributed by atoms with Gasteiger partial charge >= 0.3 is 0 Å². The number of Topliss-reactive ketones (excluding diaryl/α,β-unsaturated/α-hetero) is 2. The lowest BCUT2D eigenvalue weighted by molar-refractivity contribution is -0.117. The Morgan fingerprint density at radius 1 is 0.579 bits per heavy atom. The van der Waals surface area contributed by atoms with E-state index in [-0.39, 0.29) is 11.6 Å². The number of ketones is 2. The number of carbonyl (C=O) groups excluding carboxylic acids is 2. The summed E-state index contributed by atoms with van der Waals surface area (Å²) in [7, 11) is 0. The summed E-state index contributed by atoms with van der Waals surface area (Å²) in [4.78, 5) is 22.7. The second-order valence-electron chi connectivity index (χ2n) is 9.90. The second-order valence-corrected chi connectivity index (χ2v) is 10.8. The van der Waals surface area contributed by atoms with Crippen LogP contribution in [0.4, 0.5) is 0 Å². The Balaban J connectivity index is 0.000000211. The zero-order valence-corrected chi connectivity index (χ0v) is 24.4. The molecule has 196 valence electrons. The lowest BCUT2D eigenvalue weighted by atomic mass is 9.91. The predicted molar refractivity (Wildman–Crippen MR) is 161 cm³/mol. The number of rotatable bonds is 6. The molecule has 0 heterocycles. The predicted octanol–water partition coefficient (Wildman–Crippen LogP) is 9.51. The molecule has 4 heteroatoms. The maximum atomic E-state index is 11.4. The average molecular weight is 546 g/mol. The van der Waals surface area contributed by atoms with Gasteiger partial charge in [-0.25, -0.2) is 0 Å². The quantitative estimate of drug-likeness (QED) is 0.242. The van der Waals surface area contributed by atoms with Crippen molar-refractivity contribution in [2.24, 2.45) is 0 Å². The highest BCUT2D eigenvalue weighted by molar-refractivity contribution is 6.30. The lowest BCUT2D eigenvalue weighted by Gasteiger charge is -2.14. The van der Waals surface area contributed by atoms with Gasteiger partial charge in [-0.2, -0.15) is 0 Å². The van der Waals surface area contributed by atoms with E-state index in [9.17, 15) is 9.59 Å². The monoisotopic (exact) mass is 544 g/mol. The molecule has 38 heavy (non-hydrogen) atoms. The van der Waals surface area contributed by atoms with E-state index < -0.39 is 0 Å². The summed E-state index contributed by atoms with van der Waals surface area (Å²) in [5.41, 5.74) is 11.6. The zero-order chi connectivity index (χ0) is 28.0. The summed E-state index contributed by atoms with van der Waals surface area (Å²) in [5.74, 6) is 0.383. The van der Waals surface area contributed by atoms with Gasteiger partial charge in [-0.15, -0.1) is 0 Å². The normalized spacial score (nSPS) is 10.5. The van der Waals surface area contributed by atoms with Crippen LogP contribution in [0, 0.1) is 27.7 Å². The summed E-state index contributed by atoms with van der Waals surface area (Å²) >= 11 is 11.8. The Bertz CT molecular complexity index is 1410. The molecule has 4 aromatic rings. The van der Waals surface area contributed by atoms with Crippen molar-refractivity contribution in [1.82, 2.24) is 0 Å². The maximum Gasteiger partial charge on any atom is 0.134 e. The fourth-order valence-corrected chi connectivity index (χ4v) is 4.90. The van der Waals surface area contributed by atoms with Gasteiger partial charge in [-0.05, 0) is 121 Å². The van der Waals surface area contributed by atoms with Crippen molar-refractivity contribution >= 4 is 34.8 Å². The first-order valence-electron chi connectivity index (χ1n) is 12.7. The molecule has 0 aliphatic heterocycles. The first kappa shape index (κ1) is 29.4. The molecule has 0 spiro atoms. The van der Waals surface area contributed by atoms with Crippen molar-refractivity contribution in [3.05, 3.63) is 116 Å². The third-order valence-corrected chi connectivity index (χ3v) is 7.20.